The van der Waals surface area contributed by atoms with Gasteiger partial charge in [0.1, 0.15) is 5.82 Å². The highest BCUT2D eigenvalue weighted by Gasteiger charge is 2.27. The maximum atomic E-state index is 13.5. The molecule has 4 aromatic rings. The van der Waals surface area contributed by atoms with Crippen LogP contribution < -0.4 is 15.5 Å². The molecule has 0 radical (unpaired) electrons. The van der Waals surface area contributed by atoms with Gasteiger partial charge in [-0.1, -0.05) is 61.8 Å². The molecule has 1 heterocycles. The number of nitrogens with zero attached hydrogens (tertiary/aromatic N) is 3. The average molecular weight is 644 g/mol. The van der Waals surface area contributed by atoms with Gasteiger partial charge in [-0.05, 0) is 79.5 Å². The smallest absolute Gasteiger partial charge is 0.233 e. The van der Waals surface area contributed by atoms with Crippen LogP contribution in [0.4, 0.5) is 11.8 Å². The van der Waals surface area contributed by atoms with Gasteiger partial charge in [0.15, 0.2) is 5.78 Å². The van der Waals surface area contributed by atoms with E-state index in [9.17, 15) is 9.59 Å². The Morgan fingerprint density at radius 2 is 1.62 bits per heavy atom. The van der Waals surface area contributed by atoms with Crippen molar-refractivity contribution in [2.24, 2.45) is 5.92 Å². The molecule has 0 spiro atoms. The third-order valence-corrected chi connectivity index (χ3v) is 9.87. The van der Waals surface area contributed by atoms with Crippen molar-refractivity contribution < 1.29 is 9.59 Å². The number of halogens is 1. The second-order valence-corrected chi connectivity index (χ2v) is 14.1. The van der Waals surface area contributed by atoms with E-state index in [0.717, 1.165) is 47.3 Å². The van der Waals surface area contributed by atoms with Crippen LogP contribution in [0.1, 0.15) is 67.8 Å². The third-order valence-electron chi connectivity index (χ3n) is 8.41. The Bertz CT molecular complexity index is 1600. The molecule has 9 heteroatoms. The Kier molecular flexibility index (Phi) is 11.0. The molecular weight excluding hydrogens is 602 g/mol. The highest BCUT2D eigenvalue weighted by Crippen LogP contribution is 2.30. The molecule has 1 atom stereocenters. The summed E-state index contributed by atoms with van der Waals surface area (Å²) in [5, 5.41) is 7.87. The van der Waals surface area contributed by atoms with Gasteiger partial charge in [-0.25, -0.2) is 4.98 Å². The number of hydrogen-bond acceptors (Lipinski definition) is 7. The van der Waals surface area contributed by atoms with E-state index in [1.54, 1.807) is 0 Å². The van der Waals surface area contributed by atoms with Crippen molar-refractivity contribution in [3.8, 4) is 0 Å². The number of anilines is 2. The van der Waals surface area contributed by atoms with Crippen molar-refractivity contribution in [1.82, 2.24) is 15.3 Å². The number of benzene rings is 3. The van der Waals surface area contributed by atoms with Crippen LogP contribution in [-0.4, -0.2) is 53.6 Å². The molecule has 45 heavy (non-hydrogen) atoms. The lowest BCUT2D eigenvalue weighted by Crippen LogP contribution is -2.39. The number of fused-ring (bicyclic) bond motifs is 1. The molecule has 236 valence electrons. The van der Waals surface area contributed by atoms with E-state index in [2.05, 4.69) is 24.5 Å². The summed E-state index contributed by atoms with van der Waals surface area (Å²) in [6, 6.07) is 23.5. The van der Waals surface area contributed by atoms with Crippen LogP contribution >= 0.6 is 23.4 Å². The zero-order valence-electron chi connectivity index (χ0n) is 26.4. The van der Waals surface area contributed by atoms with E-state index >= 15 is 0 Å². The van der Waals surface area contributed by atoms with Crippen molar-refractivity contribution in [2.45, 2.75) is 68.1 Å². The normalized spacial score (nSPS) is 17.2. The molecule has 0 saturated heterocycles. The van der Waals surface area contributed by atoms with E-state index in [4.69, 9.17) is 21.6 Å². The number of ketones is 1. The van der Waals surface area contributed by atoms with Gasteiger partial charge in [-0.2, -0.15) is 4.98 Å². The lowest BCUT2D eigenvalue weighted by Gasteiger charge is -2.30. The Morgan fingerprint density at radius 3 is 2.29 bits per heavy atom. The maximum Gasteiger partial charge on any atom is 0.233 e. The van der Waals surface area contributed by atoms with Crippen molar-refractivity contribution in [3.05, 3.63) is 88.9 Å². The number of carbonyl (C=O) groups excluding carboxylic acids is 2. The van der Waals surface area contributed by atoms with E-state index < -0.39 is 5.25 Å². The number of Topliss-reactive ketones (excluding diaryl/α,β-unsaturated/α-hetero) is 1. The van der Waals surface area contributed by atoms with E-state index in [1.807, 2.05) is 91.8 Å². The first-order valence-electron chi connectivity index (χ1n) is 15.7. The highest BCUT2D eigenvalue weighted by molar-refractivity contribution is 8.00. The van der Waals surface area contributed by atoms with E-state index in [-0.39, 0.29) is 24.2 Å². The molecule has 1 aromatic heterocycles. The van der Waals surface area contributed by atoms with Crippen LogP contribution in [0.3, 0.4) is 0 Å². The fourth-order valence-corrected chi connectivity index (χ4v) is 6.90. The number of amides is 1. The summed E-state index contributed by atoms with van der Waals surface area (Å²) in [5.74, 6) is 2.18. The first-order chi connectivity index (χ1) is 21.7. The van der Waals surface area contributed by atoms with Crippen molar-refractivity contribution >= 4 is 57.7 Å². The summed E-state index contributed by atoms with van der Waals surface area (Å²) in [6.07, 6.45) is 4.05. The summed E-state index contributed by atoms with van der Waals surface area (Å²) < 4.78 is 0. The van der Waals surface area contributed by atoms with Gasteiger partial charge in [0.25, 0.3) is 0 Å². The molecule has 1 amide bonds. The molecule has 3 aromatic carbocycles. The number of nitrogens with one attached hydrogen (secondary N) is 2. The molecule has 0 aliphatic heterocycles. The number of carbonyl (C=O) groups is 2. The summed E-state index contributed by atoms with van der Waals surface area (Å²) in [7, 11) is 3.99. The van der Waals surface area contributed by atoms with Crippen LogP contribution in [0.2, 0.25) is 5.02 Å². The zero-order chi connectivity index (χ0) is 31.9. The summed E-state index contributed by atoms with van der Waals surface area (Å²) in [5.41, 5.74) is 2.74. The topological polar surface area (TPSA) is 87.2 Å². The Labute approximate surface area is 275 Å². The predicted molar refractivity (Wildman–Crippen MR) is 187 cm³/mol. The zero-order valence-corrected chi connectivity index (χ0v) is 28.0. The molecule has 7 nitrogen and oxygen atoms in total. The minimum Gasteiger partial charge on any atom is -0.362 e. The Hall–Kier alpha value is -3.62. The van der Waals surface area contributed by atoms with Gasteiger partial charge in [0.2, 0.25) is 11.9 Å². The van der Waals surface area contributed by atoms with E-state index in [0.29, 0.717) is 34.9 Å². The van der Waals surface area contributed by atoms with Gasteiger partial charge < -0.3 is 15.5 Å². The van der Waals surface area contributed by atoms with Gasteiger partial charge in [0, 0.05) is 54.0 Å². The molecule has 1 saturated carbocycles. The average Bonchev–Trinajstić information content (AvgIpc) is 3.04. The molecular formula is C36H42ClN5O2S. The summed E-state index contributed by atoms with van der Waals surface area (Å²) >= 11 is 7.50. The predicted octanol–water partition coefficient (Wildman–Crippen LogP) is 7.99. The number of aromatic nitrogens is 2. The first kappa shape index (κ1) is 32.8. The fourth-order valence-electron chi connectivity index (χ4n) is 5.72. The van der Waals surface area contributed by atoms with E-state index in [1.165, 1.54) is 17.3 Å². The lowest BCUT2D eigenvalue weighted by molar-refractivity contribution is -0.120. The fraction of sp³-hybridized carbons (Fsp3) is 0.389. The van der Waals surface area contributed by atoms with Crippen LogP contribution in [0.25, 0.3) is 10.9 Å². The monoisotopic (exact) mass is 643 g/mol. The second-order valence-electron chi connectivity index (χ2n) is 12.4. The Balaban J connectivity index is 1.17. The van der Waals surface area contributed by atoms with Crippen LogP contribution in [0.15, 0.2) is 77.7 Å². The van der Waals surface area contributed by atoms with Gasteiger partial charge >= 0.3 is 0 Å². The molecule has 1 aliphatic rings. The van der Waals surface area contributed by atoms with Crippen molar-refractivity contribution in [2.75, 3.05) is 30.9 Å². The third kappa shape index (κ3) is 8.76. The molecule has 1 aliphatic carbocycles. The summed E-state index contributed by atoms with van der Waals surface area (Å²) in [4.78, 5) is 39.3. The largest absolute Gasteiger partial charge is 0.362 e. The summed E-state index contributed by atoms with van der Waals surface area (Å²) in [6.45, 7) is 4.85. The Morgan fingerprint density at radius 1 is 0.933 bits per heavy atom. The number of rotatable bonds is 12. The van der Waals surface area contributed by atoms with Crippen LogP contribution in [-0.2, 0) is 4.79 Å². The number of para-hydroxylation sites is 1. The number of hydrogen-bond donors (Lipinski definition) is 2. The molecule has 1 unspecified atom stereocenters. The molecule has 0 bridgehead atoms. The molecule has 1 fully saturated rings. The van der Waals surface area contributed by atoms with Crippen molar-refractivity contribution in [3.63, 3.8) is 0 Å². The standard InChI is InChI=1S/C36H42ClN5O2S/c1-23(2)25-11-13-26(14-12-25)32(43)21-33(45-29-19-15-27(37)16-20-29)35(44)38-22-24-9-17-28(18-10-24)39-36-40-31-8-6-5-7-30(31)34(41-36)42(3)4/h5-8,11-16,19-20,23-24,28,33H,9-10,17-18,21-22H2,1-4H3,(H,38,44)(H,39,40,41)/t24-,28+,33?. The van der Waals surface area contributed by atoms with Gasteiger partial charge in [-0.15, -0.1) is 11.8 Å². The number of thioether (sulfide) groups is 1. The molecule has 2 N–H and O–H groups in total. The first-order valence-corrected chi connectivity index (χ1v) is 17.0. The quantitative estimate of drug-likeness (QED) is 0.119. The van der Waals surface area contributed by atoms with Gasteiger partial charge in [-0.3, -0.25) is 9.59 Å². The maximum absolute atomic E-state index is 13.5. The highest BCUT2D eigenvalue weighted by atomic mass is 35.5. The van der Waals surface area contributed by atoms with Crippen molar-refractivity contribution in [1.29, 1.82) is 0 Å². The SMILES string of the molecule is CC(C)c1ccc(C(=O)CC(Sc2ccc(Cl)cc2)C(=O)NC[C@H]2CC[C@@H](Nc3nc(N(C)C)c4ccccc4n3)CC2)cc1. The minimum atomic E-state index is -0.544. The van der Waals surface area contributed by atoms with Crippen LogP contribution in [0.5, 0.6) is 0 Å². The molecule has 5 rings (SSSR count). The second kappa shape index (κ2) is 15.1. The minimum absolute atomic E-state index is 0.0353. The van der Waals surface area contributed by atoms with Crippen LogP contribution in [0, 0.1) is 5.92 Å². The van der Waals surface area contributed by atoms with Gasteiger partial charge in [0.05, 0.1) is 10.8 Å². The lowest BCUT2D eigenvalue weighted by atomic mass is 9.86.